The molecule has 1 fully saturated rings. The van der Waals surface area contributed by atoms with Crippen LogP contribution in [0.25, 0.3) is 0 Å². The molecular weight excluding hydrogens is 220 g/mol. The zero-order valence-electron chi connectivity index (χ0n) is 9.44. The Hall–Kier alpha value is -1.91. The first-order valence-electron chi connectivity index (χ1n) is 5.74. The molecule has 0 unspecified atom stereocenters. The van der Waals surface area contributed by atoms with Gasteiger partial charge < -0.3 is 19.7 Å². The number of nitrogens with zero attached hydrogens (tertiary/aromatic N) is 1. The zero-order chi connectivity index (χ0) is 11.7. The molecule has 2 aliphatic rings. The minimum atomic E-state index is 0.00826. The summed E-state index contributed by atoms with van der Waals surface area (Å²) in [5.74, 6) is 1.54. The summed E-state index contributed by atoms with van der Waals surface area (Å²) in [6.07, 6.45) is 0.996. The van der Waals surface area contributed by atoms with Gasteiger partial charge in [0.15, 0.2) is 11.5 Å². The average molecular weight is 234 g/mol. The molecule has 0 aliphatic carbocycles. The molecular formula is C12H14N2O3. The van der Waals surface area contributed by atoms with Gasteiger partial charge in [0.2, 0.25) is 6.79 Å². The molecule has 0 spiro atoms. The van der Waals surface area contributed by atoms with Crippen LogP contribution in [-0.4, -0.2) is 30.8 Å². The van der Waals surface area contributed by atoms with Crippen LogP contribution in [0.3, 0.4) is 0 Å². The molecule has 2 heterocycles. The highest BCUT2D eigenvalue weighted by molar-refractivity contribution is 5.74. The summed E-state index contributed by atoms with van der Waals surface area (Å²) in [5, 5.41) is 2.84. The van der Waals surface area contributed by atoms with Gasteiger partial charge in [0.25, 0.3) is 0 Å². The molecule has 5 heteroatoms. The Morgan fingerprint density at radius 2 is 2.18 bits per heavy atom. The number of rotatable bonds is 2. The number of carbonyl (C=O) groups is 1. The highest BCUT2D eigenvalue weighted by Gasteiger charge is 2.19. The van der Waals surface area contributed by atoms with Gasteiger partial charge in [-0.1, -0.05) is 6.07 Å². The number of hydrogen-bond acceptors (Lipinski definition) is 3. The quantitative estimate of drug-likeness (QED) is 0.839. The van der Waals surface area contributed by atoms with E-state index in [0.29, 0.717) is 6.54 Å². The minimum absolute atomic E-state index is 0.00826. The Kier molecular flexibility index (Phi) is 2.51. The maximum atomic E-state index is 11.6. The first kappa shape index (κ1) is 10.3. The number of ether oxygens (including phenoxy) is 2. The second kappa shape index (κ2) is 4.16. The van der Waals surface area contributed by atoms with Crippen LogP contribution in [0.1, 0.15) is 12.0 Å². The highest BCUT2D eigenvalue weighted by atomic mass is 16.7. The number of nitrogens with one attached hydrogen (secondary N) is 1. The smallest absolute Gasteiger partial charge is 0.317 e. The van der Waals surface area contributed by atoms with Gasteiger partial charge in [-0.3, -0.25) is 0 Å². The van der Waals surface area contributed by atoms with Crippen LogP contribution in [-0.2, 0) is 6.54 Å². The fraction of sp³-hybridized carbons (Fsp3) is 0.417. The normalized spacial score (nSPS) is 18.1. The molecule has 2 aliphatic heterocycles. The Morgan fingerprint density at radius 3 is 3.06 bits per heavy atom. The lowest BCUT2D eigenvalue weighted by Gasteiger charge is -2.27. The lowest BCUT2D eigenvalue weighted by Crippen LogP contribution is -2.45. The molecule has 90 valence electrons. The molecule has 1 saturated heterocycles. The van der Waals surface area contributed by atoms with Gasteiger partial charge in [0.1, 0.15) is 0 Å². The fourth-order valence-corrected chi connectivity index (χ4v) is 2.09. The van der Waals surface area contributed by atoms with Crippen molar-refractivity contribution in [2.24, 2.45) is 0 Å². The number of carbonyl (C=O) groups excluding carboxylic acids is 1. The van der Waals surface area contributed by atoms with Crippen molar-refractivity contribution in [3.05, 3.63) is 23.8 Å². The number of fused-ring (bicyclic) bond motifs is 1. The van der Waals surface area contributed by atoms with E-state index in [4.69, 9.17) is 9.47 Å². The van der Waals surface area contributed by atoms with E-state index in [1.54, 1.807) is 4.90 Å². The molecule has 0 atom stereocenters. The van der Waals surface area contributed by atoms with Gasteiger partial charge in [-0.15, -0.1) is 0 Å². The van der Waals surface area contributed by atoms with E-state index in [0.717, 1.165) is 36.6 Å². The van der Waals surface area contributed by atoms with Gasteiger partial charge in [-0.05, 0) is 24.1 Å². The molecule has 5 nitrogen and oxygen atoms in total. The number of hydrogen-bond donors (Lipinski definition) is 1. The predicted octanol–water partition coefficient (Wildman–Crippen LogP) is 1.33. The third kappa shape index (κ3) is 2.00. The molecule has 17 heavy (non-hydrogen) atoms. The van der Waals surface area contributed by atoms with Crippen LogP contribution in [0.2, 0.25) is 0 Å². The zero-order valence-corrected chi connectivity index (χ0v) is 9.44. The van der Waals surface area contributed by atoms with Crippen LogP contribution in [0, 0.1) is 0 Å². The third-order valence-corrected chi connectivity index (χ3v) is 2.98. The maximum absolute atomic E-state index is 11.6. The van der Waals surface area contributed by atoms with E-state index in [9.17, 15) is 4.79 Å². The Labute approximate surface area is 99.3 Å². The predicted molar refractivity (Wildman–Crippen MR) is 61.0 cm³/mol. The van der Waals surface area contributed by atoms with Crippen LogP contribution in [0.4, 0.5) is 4.79 Å². The lowest BCUT2D eigenvalue weighted by atomic mass is 10.2. The summed E-state index contributed by atoms with van der Waals surface area (Å²) in [5.41, 5.74) is 1.06. The number of urea groups is 1. The van der Waals surface area contributed by atoms with Crippen molar-refractivity contribution in [2.45, 2.75) is 13.0 Å². The molecule has 0 radical (unpaired) electrons. The first-order chi connectivity index (χ1) is 8.33. The van der Waals surface area contributed by atoms with E-state index >= 15 is 0 Å². The fourth-order valence-electron chi connectivity index (χ4n) is 2.09. The van der Waals surface area contributed by atoms with Crippen LogP contribution < -0.4 is 14.8 Å². The Balaban J connectivity index is 1.74. The molecule has 1 N–H and O–H groups in total. The first-order valence-corrected chi connectivity index (χ1v) is 5.74. The monoisotopic (exact) mass is 234 g/mol. The molecule has 2 amide bonds. The van der Waals surface area contributed by atoms with Gasteiger partial charge >= 0.3 is 6.03 Å². The van der Waals surface area contributed by atoms with Gasteiger partial charge in [-0.2, -0.15) is 0 Å². The van der Waals surface area contributed by atoms with E-state index in [1.165, 1.54) is 0 Å². The molecule has 1 aromatic carbocycles. The van der Waals surface area contributed by atoms with E-state index in [1.807, 2.05) is 18.2 Å². The van der Waals surface area contributed by atoms with Crippen molar-refractivity contribution in [2.75, 3.05) is 19.9 Å². The molecule has 0 aromatic heterocycles. The molecule has 3 rings (SSSR count). The van der Waals surface area contributed by atoms with E-state index < -0.39 is 0 Å². The van der Waals surface area contributed by atoms with E-state index in [-0.39, 0.29) is 12.8 Å². The maximum Gasteiger partial charge on any atom is 0.317 e. The van der Waals surface area contributed by atoms with Crippen molar-refractivity contribution in [1.29, 1.82) is 0 Å². The van der Waals surface area contributed by atoms with Crippen molar-refractivity contribution in [3.63, 3.8) is 0 Å². The summed E-state index contributed by atoms with van der Waals surface area (Å²) >= 11 is 0. The van der Waals surface area contributed by atoms with Crippen molar-refractivity contribution < 1.29 is 14.3 Å². The average Bonchev–Trinajstić information content (AvgIpc) is 2.79. The second-order valence-electron chi connectivity index (χ2n) is 4.19. The summed E-state index contributed by atoms with van der Waals surface area (Å²) < 4.78 is 10.6. The van der Waals surface area contributed by atoms with Crippen LogP contribution in [0.15, 0.2) is 18.2 Å². The summed E-state index contributed by atoms with van der Waals surface area (Å²) in [6.45, 7) is 2.47. The van der Waals surface area contributed by atoms with Crippen molar-refractivity contribution in [3.8, 4) is 11.5 Å². The third-order valence-electron chi connectivity index (χ3n) is 2.98. The van der Waals surface area contributed by atoms with Crippen molar-refractivity contribution >= 4 is 6.03 Å². The largest absolute Gasteiger partial charge is 0.454 e. The summed E-state index contributed by atoms with van der Waals surface area (Å²) in [7, 11) is 0. The second-order valence-corrected chi connectivity index (χ2v) is 4.19. The van der Waals surface area contributed by atoms with Gasteiger partial charge in [-0.25, -0.2) is 4.79 Å². The standard InChI is InChI=1S/C12H14N2O3/c15-12-13-4-1-5-14(12)7-9-2-3-10-11(6-9)17-8-16-10/h2-3,6H,1,4-5,7-8H2,(H,13,15). The molecule has 0 bridgehead atoms. The van der Waals surface area contributed by atoms with Gasteiger partial charge in [0, 0.05) is 19.6 Å². The highest BCUT2D eigenvalue weighted by Crippen LogP contribution is 2.32. The SMILES string of the molecule is O=C1NCCCN1Cc1ccc2c(c1)OCO2. The van der Waals surface area contributed by atoms with E-state index in [2.05, 4.69) is 5.32 Å². The minimum Gasteiger partial charge on any atom is -0.454 e. The van der Waals surface area contributed by atoms with Crippen LogP contribution >= 0.6 is 0 Å². The number of amides is 2. The van der Waals surface area contributed by atoms with Crippen LogP contribution in [0.5, 0.6) is 11.5 Å². The molecule has 0 saturated carbocycles. The number of benzene rings is 1. The Bertz CT molecular complexity index is 447. The lowest BCUT2D eigenvalue weighted by molar-refractivity contribution is 0.173. The van der Waals surface area contributed by atoms with Crippen molar-refractivity contribution in [1.82, 2.24) is 10.2 Å². The summed E-state index contributed by atoms with van der Waals surface area (Å²) in [4.78, 5) is 13.4. The topological polar surface area (TPSA) is 50.8 Å². The molecule has 1 aromatic rings. The van der Waals surface area contributed by atoms with Gasteiger partial charge in [0.05, 0.1) is 0 Å². The summed E-state index contributed by atoms with van der Waals surface area (Å²) in [6, 6.07) is 5.80. The Morgan fingerprint density at radius 1 is 1.29 bits per heavy atom.